The van der Waals surface area contributed by atoms with Crippen LogP contribution in [0.1, 0.15) is 19.4 Å². The van der Waals surface area contributed by atoms with Crippen LogP contribution in [0.3, 0.4) is 0 Å². The normalized spacial score (nSPS) is 11.9. The number of sulfonamides is 1. The van der Waals surface area contributed by atoms with Crippen LogP contribution in [-0.2, 0) is 16.6 Å². The minimum atomic E-state index is -3.57. The fraction of sp³-hybridized carbons (Fsp3) is 0.571. The average molecular weight is 316 g/mol. The first-order valence-electron chi connectivity index (χ1n) is 6.98. The molecule has 0 unspecified atom stereocenters. The average Bonchev–Trinajstić information content (AvgIpc) is 2.50. The van der Waals surface area contributed by atoms with E-state index in [0.717, 1.165) is 13.1 Å². The highest BCUT2D eigenvalue weighted by molar-refractivity contribution is 7.89. The number of nitrogens with zero attached hydrogens (tertiary/aromatic N) is 1. The van der Waals surface area contributed by atoms with Gasteiger partial charge in [0.2, 0.25) is 10.0 Å². The third kappa shape index (κ3) is 4.96. The van der Waals surface area contributed by atoms with Gasteiger partial charge in [-0.25, -0.2) is 13.1 Å². The lowest BCUT2D eigenvalue weighted by molar-refractivity contribution is 0.273. The second-order valence-electron chi connectivity index (χ2n) is 4.56. The lowest BCUT2D eigenvalue weighted by Gasteiger charge is -2.18. The molecule has 0 spiro atoms. The molecule has 0 aliphatic rings. The van der Waals surface area contributed by atoms with Crippen LogP contribution in [0.15, 0.2) is 23.1 Å². The molecule has 0 aliphatic carbocycles. The van der Waals surface area contributed by atoms with Crippen LogP contribution < -0.4 is 9.46 Å². The summed E-state index contributed by atoms with van der Waals surface area (Å²) in [6, 6.07) is 4.45. The number of aliphatic hydroxyl groups is 1. The largest absolute Gasteiger partial charge is 0.496 e. The highest BCUT2D eigenvalue weighted by Gasteiger charge is 2.16. The van der Waals surface area contributed by atoms with Gasteiger partial charge in [-0.15, -0.1) is 0 Å². The molecule has 0 bridgehead atoms. The fourth-order valence-electron chi connectivity index (χ4n) is 2.01. The molecule has 1 aromatic carbocycles. The Hall–Kier alpha value is -1.15. The van der Waals surface area contributed by atoms with Crippen LogP contribution in [0, 0.1) is 0 Å². The molecule has 21 heavy (non-hydrogen) atoms. The Bertz CT molecular complexity index is 542. The van der Waals surface area contributed by atoms with E-state index < -0.39 is 10.0 Å². The van der Waals surface area contributed by atoms with Gasteiger partial charge in [0, 0.05) is 18.7 Å². The van der Waals surface area contributed by atoms with Crippen LogP contribution in [-0.4, -0.2) is 51.7 Å². The first kappa shape index (κ1) is 17.9. The number of methoxy groups -OCH3 is 1. The zero-order valence-electron chi connectivity index (χ0n) is 12.8. The van der Waals surface area contributed by atoms with E-state index in [1.54, 1.807) is 6.07 Å². The van der Waals surface area contributed by atoms with Crippen molar-refractivity contribution >= 4 is 10.0 Å². The van der Waals surface area contributed by atoms with Crippen molar-refractivity contribution in [3.05, 3.63) is 23.8 Å². The number of hydrogen-bond acceptors (Lipinski definition) is 5. The molecule has 0 fully saturated rings. The molecule has 0 aliphatic heterocycles. The minimum absolute atomic E-state index is 0.131. The molecular weight excluding hydrogens is 292 g/mol. The van der Waals surface area contributed by atoms with Crippen molar-refractivity contribution in [2.45, 2.75) is 25.3 Å². The number of benzene rings is 1. The first-order valence-corrected chi connectivity index (χ1v) is 8.46. The maximum Gasteiger partial charge on any atom is 0.240 e. The van der Waals surface area contributed by atoms with E-state index in [9.17, 15) is 13.5 Å². The summed E-state index contributed by atoms with van der Waals surface area (Å²) < 4.78 is 32.0. The molecule has 1 rings (SSSR count). The van der Waals surface area contributed by atoms with Gasteiger partial charge in [-0.05, 0) is 31.3 Å². The van der Waals surface area contributed by atoms with E-state index in [4.69, 9.17) is 4.74 Å². The molecule has 0 atom stereocenters. The number of likely N-dealkylation sites (N-methyl/N-ethyl adjacent to an activating group) is 1. The summed E-state index contributed by atoms with van der Waals surface area (Å²) in [7, 11) is -2.10. The van der Waals surface area contributed by atoms with Crippen LogP contribution in [0.2, 0.25) is 0 Å². The summed E-state index contributed by atoms with van der Waals surface area (Å²) in [5.74, 6) is 0.472. The van der Waals surface area contributed by atoms with Crippen LogP contribution in [0.5, 0.6) is 5.75 Å². The van der Waals surface area contributed by atoms with Gasteiger partial charge in [0.05, 0.1) is 18.6 Å². The number of nitrogens with one attached hydrogen (secondary N) is 1. The number of aliphatic hydroxyl groups excluding tert-OH is 1. The van der Waals surface area contributed by atoms with Gasteiger partial charge in [-0.3, -0.25) is 0 Å². The van der Waals surface area contributed by atoms with E-state index >= 15 is 0 Å². The van der Waals surface area contributed by atoms with Crippen LogP contribution in [0.4, 0.5) is 0 Å². The minimum Gasteiger partial charge on any atom is -0.496 e. The Morgan fingerprint density at radius 1 is 1.29 bits per heavy atom. The standard InChI is InChI=1S/C14H24N2O4S/c1-4-16(5-2)9-8-15-21(18,19)13-6-7-14(20-3)12(10-13)11-17/h6-7,10,15,17H,4-5,8-9,11H2,1-3H3. The van der Waals surface area contributed by atoms with Crippen LogP contribution >= 0.6 is 0 Å². The molecule has 0 saturated carbocycles. The van der Waals surface area contributed by atoms with Gasteiger partial charge >= 0.3 is 0 Å². The summed E-state index contributed by atoms with van der Waals surface area (Å²) in [5.41, 5.74) is 0.448. The van der Waals surface area contributed by atoms with Gasteiger partial charge < -0.3 is 14.7 Å². The lowest BCUT2D eigenvalue weighted by atomic mass is 10.2. The Labute approximate surface area is 126 Å². The Kier molecular flexibility index (Phi) is 7.10. The predicted octanol–water partition coefficient (Wildman–Crippen LogP) is 0.808. The highest BCUT2D eigenvalue weighted by atomic mass is 32.2. The van der Waals surface area contributed by atoms with Crippen molar-refractivity contribution in [3.8, 4) is 5.75 Å². The quantitative estimate of drug-likeness (QED) is 0.705. The molecule has 0 aromatic heterocycles. The summed E-state index contributed by atoms with van der Waals surface area (Å²) in [6.45, 7) is 6.58. The van der Waals surface area contributed by atoms with Gasteiger partial charge in [-0.1, -0.05) is 13.8 Å². The first-order chi connectivity index (χ1) is 9.98. The monoisotopic (exact) mass is 316 g/mol. The predicted molar refractivity (Wildman–Crippen MR) is 81.9 cm³/mol. The SMILES string of the molecule is CCN(CC)CCNS(=O)(=O)c1ccc(OC)c(CO)c1. The second-order valence-corrected chi connectivity index (χ2v) is 6.32. The molecular formula is C14H24N2O4S. The topological polar surface area (TPSA) is 78.9 Å². The number of rotatable bonds is 9. The summed E-state index contributed by atoms with van der Waals surface area (Å²) in [5, 5.41) is 9.25. The van der Waals surface area contributed by atoms with Gasteiger partial charge in [-0.2, -0.15) is 0 Å². The van der Waals surface area contributed by atoms with E-state index in [-0.39, 0.29) is 11.5 Å². The molecule has 0 heterocycles. The third-order valence-electron chi connectivity index (χ3n) is 3.35. The molecule has 0 amide bonds. The number of hydrogen-bond donors (Lipinski definition) is 2. The number of ether oxygens (including phenoxy) is 1. The smallest absolute Gasteiger partial charge is 0.240 e. The van der Waals surface area contributed by atoms with E-state index in [0.29, 0.717) is 24.4 Å². The maximum atomic E-state index is 12.2. The van der Waals surface area contributed by atoms with Crippen LogP contribution in [0.25, 0.3) is 0 Å². The summed E-state index contributed by atoms with van der Waals surface area (Å²) >= 11 is 0. The van der Waals surface area contributed by atoms with Crippen molar-refractivity contribution in [1.82, 2.24) is 9.62 Å². The molecule has 6 nitrogen and oxygen atoms in total. The van der Waals surface area contributed by atoms with E-state index in [1.165, 1.54) is 19.2 Å². The molecule has 0 saturated heterocycles. The fourth-order valence-corrected chi connectivity index (χ4v) is 3.08. The highest BCUT2D eigenvalue weighted by Crippen LogP contribution is 2.22. The Morgan fingerprint density at radius 3 is 2.48 bits per heavy atom. The van der Waals surface area contributed by atoms with Crippen molar-refractivity contribution in [2.24, 2.45) is 0 Å². The van der Waals surface area contributed by atoms with Gasteiger partial charge in [0.25, 0.3) is 0 Å². The van der Waals surface area contributed by atoms with Crippen molar-refractivity contribution in [3.63, 3.8) is 0 Å². The van der Waals surface area contributed by atoms with Crippen molar-refractivity contribution in [1.29, 1.82) is 0 Å². The van der Waals surface area contributed by atoms with E-state index in [2.05, 4.69) is 9.62 Å². The zero-order valence-corrected chi connectivity index (χ0v) is 13.6. The van der Waals surface area contributed by atoms with E-state index in [1.807, 2.05) is 13.8 Å². The van der Waals surface area contributed by atoms with Crippen molar-refractivity contribution in [2.75, 3.05) is 33.3 Å². The second kappa shape index (κ2) is 8.33. The van der Waals surface area contributed by atoms with Gasteiger partial charge in [0.1, 0.15) is 5.75 Å². The molecule has 120 valence electrons. The Balaban J connectivity index is 2.78. The lowest BCUT2D eigenvalue weighted by Crippen LogP contribution is -2.34. The maximum absolute atomic E-state index is 12.2. The van der Waals surface area contributed by atoms with Gasteiger partial charge in [0.15, 0.2) is 0 Å². The van der Waals surface area contributed by atoms with Crippen molar-refractivity contribution < 1.29 is 18.3 Å². The zero-order chi connectivity index (χ0) is 15.9. The summed E-state index contributed by atoms with van der Waals surface area (Å²) in [4.78, 5) is 2.27. The molecule has 2 N–H and O–H groups in total. The molecule has 7 heteroatoms. The molecule has 0 radical (unpaired) electrons. The summed E-state index contributed by atoms with van der Waals surface area (Å²) in [6.07, 6.45) is 0. The molecule has 1 aromatic rings. The third-order valence-corrected chi connectivity index (χ3v) is 4.81. The Morgan fingerprint density at radius 2 is 1.95 bits per heavy atom.